The monoisotopic (exact) mass is 205 g/mol. The van der Waals surface area contributed by atoms with Gasteiger partial charge in [0.25, 0.3) is 0 Å². The van der Waals surface area contributed by atoms with E-state index in [4.69, 9.17) is 4.74 Å². The highest BCUT2D eigenvalue weighted by Crippen LogP contribution is 2.17. The van der Waals surface area contributed by atoms with Gasteiger partial charge in [0.15, 0.2) is 0 Å². The van der Waals surface area contributed by atoms with E-state index in [1.165, 1.54) is 0 Å². The van der Waals surface area contributed by atoms with Crippen molar-refractivity contribution in [2.24, 2.45) is 0 Å². The molecular formula is C10H11N3O2. The summed E-state index contributed by atoms with van der Waals surface area (Å²) in [7, 11) is 0. The second-order valence-electron chi connectivity index (χ2n) is 3.72. The number of fused-ring (bicyclic) bond motifs is 1. The maximum Gasteiger partial charge on any atom is 0.323 e. The Morgan fingerprint density at radius 3 is 2.80 bits per heavy atom. The molecular weight excluding hydrogens is 194 g/mol. The molecule has 2 aromatic rings. The number of imidazole rings is 1. The molecule has 0 bridgehead atoms. The van der Waals surface area contributed by atoms with Gasteiger partial charge in [-0.2, -0.15) is 0 Å². The van der Waals surface area contributed by atoms with Gasteiger partial charge in [0.2, 0.25) is 0 Å². The van der Waals surface area contributed by atoms with E-state index in [0.717, 1.165) is 29.9 Å². The first-order valence-electron chi connectivity index (χ1n) is 4.87. The zero-order valence-corrected chi connectivity index (χ0v) is 8.04. The Morgan fingerprint density at radius 1 is 1.27 bits per heavy atom. The van der Waals surface area contributed by atoms with Crippen LogP contribution in [-0.4, -0.2) is 29.2 Å². The van der Waals surface area contributed by atoms with Crippen molar-refractivity contribution in [3.8, 4) is 0 Å². The summed E-state index contributed by atoms with van der Waals surface area (Å²) in [5.74, 6) is 0. The summed E-state index contributed by atoms with van der Waals surface area (Å²) in [6.07, 6.45) is 0. The first kappa shape index (κ1) is 8.55. The average molecular weight is 205 g/mol. The van der Waals surface area contributed by atoms with Crippen LogP contribution in [0.25, 0.3) is 11.0 Å². The molecule has 5 nitrogen and oxygen atoms in total. The molecule has 3 rings (SSSR count). The molecule has 1 aliphatic rings. The standard InChI is InChI=1S/C10H11N3O2/c14-10-12-8-2-1-6(3-9(8)13-10)11-7-4-15-5-7/h1-3,7,11H,4-5H2,(H2,12,13,14). The topological polar surface area (TPSA) is 69.9 Å². The maximum atomic E-state index is 11.0. The van der Waals surface area contributed by atoms with Gasteiger partial charge in [0.05, 0.1) is 30.3 Å². The minimum Gasteiger partial charge on any atom is -0.378 e. The summed E-state index contributed by atoms with van der Waals surface area (Å²) in [6.45, 7) is 1.50. The van der Waals surface area contributed by atoms with Crippen LogP contribution in [0.4, 0.5) is 5.69 Å². The zero-order chi connectivity index (χ0) is 10.3. The van der Waals surface area contributed by atoms with Gasteiger partial charge in [0.1, 0.15) is 0 Å². The van der Waals surface area contributed by atoms with E-state index in [-0.39, 0.29) is 5.69 Å². The van der Waals surface area contributed by atoms with Crippen LogP contribution < -0.4 is 11.0 Å². The Kier molecular flexibility index (Phi) is 1.78. The molecule has 1 aromatic carbocycles. The van der Waals surface area contributed by atoms with Gasteiger partial charge in [-0.1, -0.05) is 0 Å². The van der Waals surface area contributed by atoms with Crippen molar-refractivity contribution < 1.29 is 4.74 Å². The van der Waals surface area contributed by atoms with Crippen molar-refractivity contribution in [2.45, 2.75) is 6.04 Å². The molecule has 2 heterocycles. The summed E-state index contributed by atoms with van der Waals surface area (Å²) < 4.78 is 5.07. The number of hydrogen-bond donors (Lipinski definition) is 3. The van der Waals surface area contributed by atoms with E-state index < -0.39 is 0 Å². The van der Waals surface area contributed by atoms with E-state index in [1.54, 1.807) is 0 Å². The fraction of sp³-hybridized carbons (Fsp3) is 0.300. The predicted octanol–water partition coefficient (Wildman–Crippen LogP) is 0.667. The number of anilines is 1. The quantitative estimate of drug-likeness (QED) is 0.674. The van der Waals surface area contributed by atoms with E-state index in [9.17, 15) is 4.79 Å². The van der Waals surface area contributed by atoms with Gasteiger partial charge >= 0.3 is 5.69 Å². The number of rotatable bonds is 2. The zero-order valence-electron chi connectivity index (χ0n) is 8.04. The van der Waals surface area contributed by atoms with Crippen LogP contribution in [0.3, 0.4) is 0 Å². The number of benzene rings is 1. The van der Waals surface area contributed by atoms with Crippen molar-refractivity contribution in [1.82, 2.24) is 9.97 Å². The Hall–Kier alpha value is -1.75. The smallest absolute Gasteiger partial charge is 0.323 e. The van der Waals surface area contributed by atoms with Crippen molar-refractivity contribution in [3.05, 3.63) is 28.7 Å². The van der Waals surface area contributed by atoms with Crippen LogP contribution >= 0.6 is 0 Å². The van der Waals surface area contributed by atoms with Crippen LogP contribution in [0.1, 0.15) is 0 Å². The molecule has 3 N–H and O–H groups in total. The van der Waals surface area contributed by atoms with Gasteiger partial charge in [0, 0.05) is 5.69 Å². The van der Waals surface area contributed by atoms with Gasteiger partial charge < -0.3 is 20.0 Å². The van der Waals surface area contributed by atoms with Crippen molar-refractivity contribution in [1.29, 1.82) is 0 Å². The summed E-state index contributed by atoms with van der Waals surface area (Å²) in [6, 6.07) is 6.15. The SMILES string of the molecule is O=c1[nH]c2ccc(NC3COC3)cc2[nH]1. The van der Waals surface area contributed by atoms with Gasteiger partial charge in [-0.05, 0) is 18.2 Å². The maximum absolute atomic E-state index is 11.0. The first-order chi connectivity index (χ1) is 7.31. The highest BCUT2D eigenvalue weighted by Gasteiger charge is 2.17. The lowest BCUT2D eigenvalue weighted by Crippen LogP contribution is -2.40. The van der Waals surface area contributed by atoms with E-state index >= 15 is 0 Å². The summed E-state index contributed by atoms with van der Waals surface area (Å²) in [5.41, 5.74) is 2.49. The van der Waals surface area contributed by atoms with Crippen molar-refractivity contribution in [3.63, 3.8) is 0 Å². The van der Waals surface area contributed by atoms with Crippen LogP contribution in [0, 0.1) is 0 Å². The molecule has 1 saturated heterocycles. The van der Waals surface area contributed by atoms with Gasteiger partial charge in [-0.15, -0.1) is 0 Å². The number of ether oxygens (including phenoxy) is 1. The second-order valence-corrected chi connectivity index (χ2v) is 3.72. The second kappa shape index (κ2) is 3.13. The third-order valence-electron chi connectivity index (χ3n) is 2.52. The van der Waals surface area contributed by atoms with E-state index in [1.807, 2.05) is 18.2 Å². The van der Waals surface area contributed by atoms with Crippen molar-refractivity contribution in [2.75, 3.05) is 18.5 Å². The number of aromatic amines is 2. The molecule has 5 heteroatoms. The Labute approximate surface area is 85.5 Å². The molecule has 0 saturated carbocycles. The minimum absolute atomic E-state index is 0.172. The average Bonchev–Trinajstić information content (AvgIpc) is 2.50. The Morgan fingerprint density at radius 2 is 2.07 bits per heavy atom. The molecule has 78 valence electrons. The van der Waals surface area contributed by atoms with Gasteiger partial charge in [-0.25, -0.2) is 4.79 Å². The number of aromatic nitrogens is 2. The Bertz CT molecular complexity index is 539. The lowest BCUT2D eigenvalue weighted by Gasteiger charge is -2.27. The van der Waals surface area contributed by atoms with Crippen LogP contribution in [-0.2, 0) is 4.74 Å². The van der Waals surface area contributed by atoms with E-state index in [0.29, 0.717) is 6.04 Å². The minimum atomic E-state index is -0.172. The molecule has 15 heavy (non-hydrogen) atoms. The molecule has 1 aromatic heterocycles. The fourth-order valence-electron chi connectivity index (χ4n) is 1.68. The molecule has 0 aliphatic carbocycles. The van der Waals surface area contributed by atoms with Gasteiger partial charge in [-0.3, -0.25) is 0 Å². The summed E-state index contributed by atoms with van der Waals surface area (Å²) in [4.78, 5) is 16.5. The molecule has 1 fully saturated rings. The highest BCUT2D eigenvalue weighted by molar-refractivity contribution is 5.78. The molecule has 0 unspecified atom stereocenters. The lowest BCUT2D eigenvalue weighted by atomic mass is 10.2. The van der Waals surface area contributed by atoms with Crippen LogP contribution in [0.5, 0.6) is 0 Å². The molecule has 0 atom stereocenters. The molecule has 0 radical (unpaired) electrons. The molecule has 1 aliphatic heterocycles. The number of H-pyrrole nitrogens is 2. The fourth-order valence-corrected chi connectivity index (χ4v) is 1.68. The highest BCUT2D eigenvalue weighted by atomic mass is 16.5. The van der Waals surface area contributed by atoms with E-state index in [2.05, 4.69) is 15.3 Å². The largest absolute Gasteiger partial charge is 0.378 e. The van der Waals surface area contributed by atoms with Crippen LogP contribution in [0.2, 0.25) is 0 Å². The third-order valence-corrected chi connectivity index (χ3v) is 2.52. The third kappa shape index (κ3) is 1.50. The number of hydrogen-bond acceptors (Lipinski definition) is 3. The number of nitrogens with one attached hydrogen (secondary N) is 3. The summed E-state index contributed by atoms with van der Waals surface area (Å²) >= 11 is 0. The van der Waals surface area contributed by atoms with Crippen molar-refractivity contribution >= 4 is 16.7 Å². The Balaban J connectivity index is 1.94. The predicted molar refractivity (Wildman–Crippen MR) is 57.1 cm³/mol. The summed E-state index contributed by atoms with van der Waals surface area (Å²) in [5, 5.41) is 3.32. The normalized spacial score (nSPS) is 16.5. The van der Waals surface area contributed by atoms with Crippen LogP contribution in [0.15, 0.2) is 23.0 Å². The lowest BCUT2D eigenvalue weighted by molar-refractivity contribution is 0.0211. The molecule has 0 amide bonds. The molecule has 0 spiro atoms. The first-order valence-corrected chi connectivity index (χ1v) is 4.87.